The maximum atomic E-state index is 14.5. The molecule has 8 bridgehead atoms. The number of hydrogen-bond donors (Lipinski definition) is 6. The van der Waals surface area contributed by atoms with Crippen molar-refractivity contribution in [2.45, 2.75) is 190 Å². The molecule has 5 aliphatic carbocycles. The number of esters is 1. The number of carbonyl (C=O) groups is 2. The minimum Gasteiger partial charge on any atom is -0.504 e. The van der Waals surface area contributed by atoms with Gasteiger partial charge in [0.15, 0.2) is 17.5 Å². The summed E-state index contributed by atoms with van der Waals surface area (Å²) in [6.07, 6.45) is 27.1. The summed E-state index contributed by atoms with van der Waals surface area (Å²) in [6.45, 7) is 3.44. The van der Waals surface area contributed by atoms with E-state index in [1.807, 2.05) is 32.6 Å². The van der Waals surface area contributed by atoms with Crippen LogP contribution < -0.4 is 26.8 Å². The first-order chi connectivity index (χ1) is 32.4. The zero-order chi connectivity index (χ0) is 46.4. The first kappa shape index (κ1) is 47.4. The molecular formula is C53H78N6O6S2. The van der Waals surface area contributed by atoms with Crippen LogP contribution in [0, 0.1) is 34.5 Å². The molecule has 1 saturated heterocycles. The van der Waals surface area contributed by atoms with E-state index in [0.29, 0.717) is 86.7 Å². The maximum Gasteiger partial charge on any atom is 0.303 e. The number of aliphatic hydroxyl groups is 1. The molecule has 67 heavy (non-hydrogen) atoms. The SMILES string of the molecule is CC(=O)O[C@]12C[C@@H]3CC[C@H]1Cc1cc(c(O)c4c1CC[C@@H]1CCC[C@@H]1O4)CN1C[C@](CC4=CCNC(N)=C4)(CCN=C(N)N[C@@]4(CCCC45CCCC5)SSCCCCC[C@@H]3[C@H](O)C2)CC1=O. The van der Waals surface area contributed by atoms with Crippen molar-refractivity contribution in [3.05, 3.63) is 46.3 Å². The molecule has 14 heteroatoms. The van der Waals surface area contributed by atoms with Crippen molar-refractivity contribution in [1.29, 1.82) is 0 Å². The van der Waals surface area contributed by atoms with Gasteiger partial charge in [0.25, 0.3) is 0 Å². The zero-order valence-corrected chi connectivity index (χ0v) is 41.7. The van der Waals surface area contributed by atoms with Crippen LogP contribution in [0.15, 0.2) is 34.6 Å². The number of guanidine groups is 1. The number of fused-ring (bicyclic) bond motifs is 13. The van der Waals surface area contributed by atoms with E-state index in [4.69, 9.17) is 25.9 Å². The Morgan fingerprint density at radius 3 is 2.66 bits per heavy atom. The number of allylic oxidation sites excluding steroid dienone is 2. The van der Waals surface area contributed by atoms with Gasteiger partial charge >= 0.3 is 5.97 Å². The van der Waals surface area contributed by atoms with E-state index in [9.17, 15) is 19.8 Å². The Kier molecular flexibility index (Phi) is 13.8. The van der Waals surface area contributed by atoms with E-state index < -0.39 is 17.1 Å². The molecule has 8 N–H and O–H groups in total. The molecule has 6 fully saturated rings. The normalized spacial score (nSPS) is 36.8. The number of benzene rings is 1. The first-order valence-electron chi connectivity index (χ1n) is 26.3. The predicted molar refractivity (Wildman–Crippen MR) is 267 cm³/mol. The molecule has 12 nitrogen and oxygen atoms in total. The Hall–Kier alpha value is -3.23. The van der Waals surface area contributed by atoms with Crippen LogP contribution in [0.5, 0.6) is 11.5 Å². The third-order valence-electron chi connectivity index (χ3n) is 18.5. The van der Waals surface area contributed by atoms with Crippen LogP contribution in [0.3, 0.4) is 0 Å². The highest BCUT2D eigenvalue weighted by atomic mass is 33.1. The molecule has 1 aromatic rings. The number of nitrogens with zero attached hydrogens (tertiary/aromatic N) is 2. The number of nitrogens with two attached hydrogens (primary N) is 2. The highest BCUT2D eigenvalue weighted by Gasteiger charge is 2.57. The molecule has 9 atom stereocenters. The van der Waals surface area contributed by atoms with Crippen molar-refractivity contribution in [1.82, 2.24) is 15.5 Å². The van der Waals surface area contributed by atoms with Gasteiger partial charge in [-0.15, -0.1) is 0 Å². The van der Waals surface area contributed by atoms with Crippen LogP contribution in [-0.2, 0) is 33.7 Å². The number of phenols is 1. The number of nitrogens with one attached hydrogen (secondary N) is 2. The van der Waals surface area contributed by atoms with E-state index in [2.05, 4.69) is 22.8 Å². The quantitative estimate of drug-likeness (QED) is 0.125. The lowest BCUT2D eigenvalue weighted by molar-refractivity contribution is -0.195. The van der Waals surface area contributed by atoms with Crippen molar-refractivity contribution in [2.75, 3.05) is 25.4 Å². The summed E-state index contributed by atoms with van der Waals surface area (Å²) in [6, 6.07) is 2.15. The number of amides is 1. The van der Waals surface area contributed by atoms with Crippen LogP contribution in [0.4, 0.5) is 0 Å². The molecule has 1 amide bonds. The zero-order valence-electron chi connectivity index (χ0n) is 40.1. The Balaban J connectivity index is 1.00. The predicted octanol–water partition coefficient (Wildman–Crippen LogP) is 8.66. The van der Waals surface area contributed by atoms with E-state index in [-0.39, 0.29) is 52.4 Å². The van der Waals surface area contributed by atoms with Crippen molar-refractivity contribution < 1.29 is 29.3 Å². The molecule has 5 aliphatic heterocycles. The highest BCUT2D eigenvalue weighted by Crippen LogP contribution is 2.63. The summed E-state index contributed by atoms with van der Waals surface area (Å²) in [5, 5.41) is 31.5. The van der Waals surface area contributed by atoms with Gasteiger partial charge in [0.2, 0.25) is 5.91 Å². The van der Waals surface area contributed by atoms with E-state index in [1.165, 1.54) is 45.4 Å². The number of ether oxygens (including phenoxy) is 2. The average Bonchev–Trinajstić information content (AvgIpc) is 4.06. The topological polar surface area (TPSA) is 185 Å². The van der Waals surface area contributed by atoms with Crippen molar-refractivity contribution in [3.63, 3.8) is 0 Å². The first-order valence-corrected chi connectivity index (χ1v) is 28.7. The molecule has 0 radical (unpaired) electrons. The van der Waals surface area contributed by atoms with E-state index in [1.54, 1.807) is 0 Å². The number of aliphatic hydroxyl groups excluding tert-OH is 1. The largest absolute Gasteiger partial charge is 0.504 e. The summed E-state index contributed by atoms with van der Waals surface area (Å²) in [5.74, 6) is 3.68. The summed E-state index contributed by atoms with van der Waals surface area (Å²) >= 11 is 0. The fourth-order valence-electron chi connectivity index (χ4n) is 15.3. The molecule has 5 saturated carbocycles. The molecule has 11 rings (SSSR count). The van der Waals surface area contributed by atoms with Crippen LogP contribution in [0.2, 0.25) is 0 Å². The van der Waals surface area contributed by atoms with Gasteiger partial charge in [0, 0.05) is 79.6 Å². The second-order valence-electron chi connectivity index (χ2n) is 22.7. The highest BCUT2D eigenvalue weighted by molar-refractivity contribution is 8.77. The van der Waals surface area contributed by atoms with Gasteiger partial charge in [-0.1, -0.05) is 53.3 Å². The molecule has 2 spiro atoms. The molecule has 10 aliphatic rings. The van der Waals surface area contributed by atoms with E-state index >= 15 is 0 Å². The van der Waals surface area contributed by atoms with Gasteiger partial charge in [-0.05, 0) is 157 Å². The maximum absolute atomic E-state index is 14.5. The number of rotatable bonds is 3. The van der Waals surface area contributed by atoms with Gasteiger partial charge < -0.3 is 46.7 Å². The number of phenolic OH excluding ortho intramolecular Hbond substituents is 1. The molecule has 5 heterocycles. The van der Waals surface area contributed by atoms with Crippen LogP contribution in [0.25, 0.3) is 0 Å². The second kappa shape index (κ2) is 19.5. The second-order valence-corrected chi connectivity index (χ2v) is 25.4. The lowest BCUT2D eigenvalue weighted by Gasteiger charge is -2.54. The summed E-state index contributed by atoms with van der Waals surface area (Å²) in [4.78, 5) is 34.4. The number of hydrogen-bond acceptors (Lipinski definition) is 13. The Morgan fingerprint density at radius 1 is 0.970 bits per heavy atom. The third kappa shape index (κ3) is 9.55. The molecular weight excluding hydrogens is 881 g/mol. The van der Waals surface area contributed by atoms with Gasteiger partial charge in [-0.2, -0.15) is 0 Å². The minimum absolute atomic E-state index is 0.00871. The van der Waals surface area contributed by atoms with Gasteiger partial charge in [-0.25, -0.2) is 0 Å². The lowest BCUT2D eigenvalue weighted by atomic mass is 9.57. The Labute approximate surface area is 406 Å². The smallest absolute Gasteiger partial charge is 0.303 e. The third-order valence-corrected chi connectivity index (χ3v) is 21.8. The van der Waals surface area contributed by atoms with Gasteiger partial charge in [-0.3, -0.25) is 14.6 Å². The van der Waals surface area contributed by atoms with Crippen molar-refractivity contribution in [3.8, 4) is 11.5 Å². The fraction of sp³-hybridized carbons (Fsp3) is 0.755. The minimum atomic E-state index is -0.755. The molecule has 1 aromatic carbocycles. The summed E-state index contributed by atoms with van der Waals surface area (Å²) in [7, 11) is 4.01. The Morgan fingerprint density at radius 2 is 1.82 bits per heavy atom. The number of aliphatic imine (C=N–C) groups is 1. The summed E-state index contributed by atoms with van der Waals surface area (Å²) in [5.41, 5.74) is 16.3. The van der Waals surface area contributed by atoms with Crippen LogP contribution in [-0.4, -0.2) is 81.0 Å². The number of aromatic hydroxyl groups is 1. The number of dihydropyridines is 1. The summed E-state index contributed by atoms with van der Waals surface area (Å²) < 4.78 is 13.4. The van der Waals surface area contributed by atoms with Gasteiger partial charge in [0.05, 0.1) is 11.9 Å². The van der Waals surface area contributed by atoms with Crippen LogP contribution in [0.1, 0.15) is 165 Å². The van der Waals surface area contributed by atoms with Crippen LogP contribution >= 0.6 is 21.6 Å². The van der Waals surface area contributed by atoms with E-state index in [0.717, 1.165) is 106 Å². The lowest BCUT2D eigenvalue weighted by Crippen LogP contribution is -2.56. The van der Waals surface area contributed by atoms with Gasteiger partial charge in [0.1, 0.15) is 16.6 Å². The van der Waals surface area contributed by atoms with Crippen molar-refractivity contribution in [2.24, 2.45) is 51.0 Å². The monoisotopic (exact) mass is 959 g/mol. The average molecular weight is 959 g/mol. The van der Waals surface area contributed by atoms with Crippen molar-refractivity contribution >= 4 is 39.4 Å². The number of carbonyl (C=O) groups excluding carboxylic acids is 2. The Bertz CT molecular complexity index is 2120. The molecule has 0 unspecified atom stereocenters. The molecule has 368 valence electrons. The standard InChI is InChI=1S/C53H78N6O6S2/c1-34(60)65-52-29-37-12-14-40(52)27-38-26-39(47(63)48-42(38)15-13-36-9-7-11-44(36)64-48)32-59-33-50(31-46(59)62,28-35-16-22-56-45(54)25-35)21-23-57-49(55)58-53(20-8-19-51(53)17-4-5-18-51)67-66-24-6-2-3-10-41(37)43(61)30-52/h16,25-26,36-37,40-41,43-44,56,61,63H,2-15,17-24,27-33,54H2,1H3,(H3,55,57,58)/t36-,37-,40-,41-,43+,44-,50-,52-,53-/m0/s1. The fourth-order valence-corrected chi connectivity index (χ4v) is 18.9. The molecule has 0 aromatic heterocycles.